The van der Waals surface area contributed by atoms with Crippen molar-refractivity contribution in [2.24, 2.45) is 0 Å². The van der Waals surface area contributed by atoms with Crippen molar-refractivity contribution in [2.45, 2.75) is 0 Å². The Morgan fingerprint density at radius 1 is 0.850 bits per heavy atom. The molecule has 0 heterocycles. The molecule has 2 aromatic carbocycles. The molecule has 0 aromatic heterocycles. The van der Waals surface area contributed by atoms with Crippen molar-refractivity contribution < 1.29 is 20.1 Å². The minimum Gasteiger partial charge on any atom is -0.504 e. The van der Waals surface area contributed by atoms with Gasteiger partial charge in [-0.1, -0.05) is 30.3 Å². The van der Waals surface area contributed by atoms with Gasteiger partial charge in [-0.05, 0) is 27.6 Å². The van der Waals surface area contributed by atoms with E-state index in [0.717, 1.165) is 0 Å². The standard InChI is InChI=1S/C15H9BrO4/c16-9-6-8-10(7-4-2-1-3-5-7)13(18)15(20)14(19)11(8)12(9)17/h1-6,18-20H. The Hall–Kier alpha value is -2.27. The lowest BCUT2D eigenvalue weighted by atomic mass is 9.94. The third kappa shape index (κ3) is 1.63. The molecule has 0 bridgehead atoms. The highest BCUT2D eigenvalue weighted by Gasteiger charge is 2.32. The van der Waals surface area contributed by atoms with Crippen LogP contribution in [0.5, 0.6) is 17.2 Å². The van der Waals surface area contributed by atoms with Gasteiger partial charge in [0.2, 0.25) is 11.5 Å². The number of carbonyl (C=O) groups is 1. The van der Waals surface area contributed by atoms with Crippen molar-refractivity contribution in [1.82, 2.24) is 0 Å². The van der Waals surface area contributed by atoms with Gasteiger partial charge in [0, 0.05) is 11.1 Å². The summed E-state index contributed by atoms with van der Waals surface area (Å²) in [7, 11) is 0. The van der Waals surface area contributed by atoms with Crippen LogP contribution in [0.3, 0.4) is 0 Å². The highest BCUT2D eigenvalue weighted by atomic mass is 79.9. The number of ketones is 1. The molecular formula is C15H9BrO4. The van der Waals surface area contributed by atoms with Crippen LogP contribution >= 0.6 is 15.9 Å². The fourth-order valence-electron chi connectivity index (χ4n) is 2.31. The third-order valence-corrected chi connectivity index (χ3v) is 3.83. The van der Waals surface area contributed by atoms with Crippen LogP contribution in [0.1, 0.15) is 15.9 Å². The van der Waals surface area contributed by atoms with E-state index < -0.39 is 23.0 Å². The number of aromatic hydroxyl groups is 3. The molecule has 0 aliphatic heterocycles. The summed E-state index contributed by atoms with van der Waals surface area (Å²) in [5, 5.41) is 29.8. The second-order valence-corrected chi connectivity index (χ2v) is 5.25. The number of benzene rings is 2. The topological polar surface area (TPSA) is 77.8 Å². The van der Waals surface area contributed by atoms with E-state index >= 15 is 0 Å². The van der Waals surface area contributed by atoms with Crippen LogP contribution in [0.2, 0.25) is 0 Å². The Balaban J connectivity index is 2.43. The zero-order valence-electron chi connectivity index (χ0n) is 10.1. The molecule has 0 unspecified atom stereocenters. The van der Waals surface area contributed by atoms with Crippen molar-refractivity contribution in [3.63, 3.8) is 0 Å². The van der Waals surface area contributed by atoms with Gasteiger partial charge in [-0.3, -0.25) is 4.79 Å². The SMILES string of the molecule is O=C1C(Br)=Cc2c1c(O)c(O)c(O)c2-c1ccccc1. The van der Waals surface area contributed by atoms with Gasteiger partial charge in [-0.25, -0.2) is 0 Å². The smallest absolute Gasteiger partial charge is 0.204 e. The first-order valence-electron chi connectivity index (χ1n) is 5.80. The molecule has 100 valence electrons. The van der Waals surface area contributed by atoms with Gasteiger partial charge < -0.3 is 15.3 Å². The van der Waals surface area contributed by atoms with Gasteiger partial charge >= 0.3 is 0 Å². The summed E-state index contributed by atoms with van der Waals surface area (Å²) in [5.41, 5.74) is 1.34. The van der Waals surface area contributed by atoms with E-state index in [4.69, 9.17) is 0 Å². The van der Waals surface area contributed by atoms with Crippen molar-refractivity contribution in [1.29, 1.82) is 0 Å². The fourth-order valence-corrected chi connectivity index (χ4v) is 2.74. The minimum atomic E-state index is -0.688. The second kappa shape index (κ2) is 4.38. The number of rotatable bonds is 1. The molecule has 0 atom stereocenters. The van der Waals surface area contributed by atoms with Crippen molar-refractivity contribution in [2.75, 3.05) is 0 Å². The molecule has 0 saturated carbocycles. The Morgan fingerprint density at radius 3 is 2.10 bits per heavy atom. The predicted molar refractivity (Wildman–Crippen MR) is 78.1 cm³/mol. The Bertz CT molecular complexity index is 763. The van der Waals surface area contributed by atoms with Crippen molar-refractivity contribution in [3.8, 4) is 28.4 Å². The van der Waals surface area contributed by atoms with E-state index in [9.17, 15) is 20.1 Å². The van der Waals surface area contributed by atoms with Gasteiger partial charge in [0.25, 0.3) is 0 Å². The van der Waals surface area contributed by atoms with Gasteiger partial charge in [0.15, 0.2) is 11.5 Å². The van der Waals surface area contributed by atoms with E-state index in [0.29, 0.717) is 16.7 Å². The molecule has 3 rings (SSSR count). The van der Waals surface area contributed by atoms with Gasteiger partial charge in [0.1, 0.15) is 0 Å². The fraction of sp³-hybridized carbons (Fsp3) is 0. The van der Waals surface area contributed by atoms with Crippen molar-refractivity contribution >= 4 is 27.8 Å². The summed E-state index contributed by atoms with van der Waals surface area (Å²) in [5.74, 6) is -2.16. The lowest BCUT2D eigenvalue weighted by Gasteiger charge is -2.13. The van der Waals surface area contributed by atoms with Crippen LogP contribution < -0.4 is 0 Å². The average Bonchev–Trinajstić information content (AvgIpc) is 2.74. The largest absolute Gasteiger partial charge is 0.504 e. The van der Waals surface area contributed by atoms with Crippen LogP contribution in [0.25, 0.3) is 17.2 Å². The molecule has 0 fully saturated rings. The third-order valence-electron chi connectivity index (χ3n) is 3.24. The first kappa shape index (κ1) is 12.7. The molecule has 0 amide bonds. The van der Waals surface area contributed by atoms with E-state index in [1.165, 1.54) is 6.08 Å². The maximum Gasteiger partial charge on any atom is 0.204 e. The summed E-state index contributed by atoms with van der Waals surface area (Å²) >= 11 is 3.11. The molecule has 3 N–H and O–H groups in total. The second-order valence-electron chi connectivity index (χ2n) is 4.40. The first-order chi connectivity index (χ1) is 9.52. The van der Waals surface area contributed by atoms with Crippen LogP contribution in [0.4, 0.5) is 0 Å². The number of phenolic OH excluding ortho intramolecular Hbond substituents is 3. The number of phenols is 3. The maximum atomic E-state index is 12.0. The lowest BCUT2D eigenvalue weighted by molar-refractivity contribution is 0.104. The number of carbonyl (C=O) groups excluding carboxylic acids is 1. The van der Waals surface area contributed by atoms with Gasteiger partial charge in [0.05, 0.1) is 10.0 Å². The average molecular weight is 333 g/mol. The molecule has 2 aromatic rings. The molecule has 1 aliphatic rings. The van der Waals surface area contributed by atoms with Crippen LogP contribution in [-0.4, -0.2) is 21.1 Å². The quantitative estimate of drug-likeness (QED) is 0.699. The molecule has 0 spiro atoms. The zero-order valence-corrected chi connectivity index (χ0v) is 11.7. The number of Topliss-reactive ketones (excluding diaryl/α,β-unsaturated/α-hetero) is 1. The molecule has 0 radical (unpaired) electrons. The first-order valence-corrected chi connectivity index (χ1v) is 6.59. The van der Waals surface area contributed by atoms with E-state index in [1.807, 2.05) is 6.07 Å². The summed E-state index contributed by atoms with van der Waals surface area (Å²) in [6.45, 7) is 0. The molecule has 5 heteroatoms. The normalized spacial score (nSPS) is 13.2. The highest BCUT2D eigenvalue weighted by Crippen LogP contribution is 2.51. The number of hydrogen-bond acceptors (Lipinski definition) is 4. The Labute approximate surface area is 122 Å². The number of hydrogen-bond donors (Lipinski definition) is 3. The number of fused-ring (bicyclic) bond motifs is 1. The van der Waals surface area contributed by atoms with E-state index in [-0.39, 0.29) is 10.0 Å². The maximum absolute atomic E-state index is 12.0. The van der Waals surface area contributed by atoms with E-state index in [2.05, 4.69) is 15.9 Å². The highest BCUT2D eigenvalue weighted by molar-refractivity contribution is 9.12. The summed E-state index contributed by atoms with van der Waals surface area (Å²) in [6.07, 6.45) is 1.53. The number of allylic oxidation sites excluding steroid dienone is 1. The van der Waals surface area contributed by atoms with Crippen LogP contribution in [0.15, 0.2) is 34.8 Å². The van der Waals surface area contributed by atoms with E-state index in [1.54, 1.807) is 24.3 Å². The molecule has 0 saturated heterocycles. The lowest BCUT2D eigenvalue weighted by Crippen LogP contribution is -1.97. The number of halogens is 1. The predicted octanol–water partition coefficient (Wildman–Crippen LogP) is 3.40. The summed E-state index contributed by atoms with van der Waals surface area (Å²) in [6, 6.07) is 8.87. The van der Waals surface area contributed by atoms with Crippen molar-refractivity contribution in [3.05, 3.63) is 45.9 Å². The van der Waals surface area contributed by atoms with Crippen LogP contribution in [0, 0.1) is 0 Å². The molecule has 20 heavy (non-hydrogen) atoms. The molecule has 1 aliphatic carbocycles. The van der Waals surface area contributed by atoms with Gasteiger partial charge in [-0.2, -0.15) is 0 Å². The molecule has 4 nitrogen and oxygen atoms in total. The Morgan fingerprint density at radius 2 is 1.45 bits per heavy atom. The zero-order chi connectivity index (χ0) is 14.4. The summed E-state index contributed by atoms with van der Waals surface area (Å²) < 4.78 is 0.269. The van der Waals surface area contributed by atoms with Crippen LogP contribution in [-0.2, 0) is 0 Å². The Kier molecular flexibility index (Phi) is 2.79. The monoisotopic (exact) mass is 332 g/mol. The minimum absolute atomic E-state index is 0.00831. The summed E-state index contributed by atoms with van der Waals surface area (Å²) in [4.78, 5) is 12.0. The molecular weight excluding hydrogens is 324 g/mol. The van der Waals surface area contributed by atoms with Gasteiger partial charge in [-0.15, -0.1) is 0 Å².